The minimum Gasteiger partial charge on any atom is -0.461 e. The molecule has 3 atom stereocenters. The summed E-state index contributed by atoms with van der Waals surface area (Å²) in [4.78, 5) is 11.6. The zero-order valence-corrected chi connectivity index (χ0v) is 9.45. The highest BCUT2D eigenvalue weighted by molar-refractivity contribution is 5.75. The van der Waals surface area contributed by atoms with Crippen LogP contribution in [0.2, 0.25) is 0 Å². The van der Waals surface area contributed by atoms with Crippen LogP contribution in [0.15, 0.2) is 12.7 Å². The van der Waals surface area contributed by atoms with E-state index in [-0.39, 0.29) is 12.1 Å². The highest BCUT2D eigenvalue weighted by Crippen LogP contribution is 2.26. The molecule has 0 spiro atoms. The van der Waals surface area contributed by atoms with Crippen LogP contribution in [0.3, 0.4) is 0 Å². The fraction of sp³-hybridized carbons (Fsp3) is 0.750. The number of carbonyl (C=O) groups excluding carboxylic acids is 1. The Hall–Kier alpha value is -0.830. The van der Waals surface area contributed by atoms with Gasteiger partial charge in [0.05, 0.1) is 0 Å². The Morgan fingerprint density at radius 3 is 2.87 bits per heavy atom. The summed E-state index contributed by atoms with van der Waals surface area (Å²) in [5.41, 5.74) is 5.64. The molecule has 0 aromatic rings. The predicted octanol–water partition coefficient (Wildman–Crippen LogP) is 2.01. The molecule has 3 nitrogen and oxygen atoms in total. The molecule has 2 N–H and O–H groups in total. The second kappa shape index (κ2) is 5.91. The standard InChI is InChI=1S/C12H21NO2/c1-3-6-10(13)12(14)15-11-8-5-4-7-9(11)2/h3,9-11H,1,4-8,13H2,2H3. The lowest BCUT2D eigenvalue weighted by molar-refractivity contribution is -0.154. The van der Waals surface area contributed by atoms with Crippen LogP contribution in [0.4, 0.5) is 0 Å². The molecule has 1 saturated carbocycles. The van der Waals surface area contributed by atoms with E-state index in [0.717, 1.165) is 19.3 Å². The zero-order chi connectivity index (χ0) is 11.3. The maximum Gasteiger partial charge on any atom is 0.323 e. The van der Waals surface area contributed by atoms with Gasteiger partial charge in [0, 0.05) is 0 Å². The van der Waals surface area contributed by atoms with Crippen LogP contribution in [0, 0.1) is 5.92 Å². The molecule has 0 aromatic carbocycles. The molecular weight excluding hydrogens is 190 g/mol. The minimum atomic E-state index is -0.545. The highest BCUT2D eigenvalue weighted by atomic mass is 16.5. The monoisotopic (exact) mass is 211 g/mol. The third-order valence-corrected chi connectivity index (χ3v) is 3.02. The first-order valence-corrected chi connectivity index (χ1v) is 5.72. The smallest absolute Gasteiger partial charge is 0.323 e. The van der Waals surface area contributed by atoms with Crippen LogP contribution in [0.25, 0.3) is 0 Å². The first-order chi connectivity index (χ1) is 7.15. The van der Waals surface area contributed by atoms with Gasteiger partial charge in [-0.3, -0.25) is 4.79 Å². The molecule has 0 aliphatic heterocycles. The fourth-order valence-electron chi connectivity index (χ4n) is 1.97. The number of carbonyl (C=O) groups is 1. The molecule has 0 amide bonds. The summed E-state index contributed by atoms with van der Waals surface area (Å²) in [6.07, 6.45) is 6.73. The number of hydrogen-bond donors (Lipinski definition) is 1. The van der Waals surface area contributed by atoms with E-state index in [2.05, 4.69) is 13.5 Å². The fourth-order valence-corrected chi connectivity index (χ4v) is 1.97. The molecule has 1 aliphatic carbocycles. The number of ether oxygens (including phenoxy) is 1. The first kappa shape index (κ1) is 12.2. The quantitative estimate of drug-likeness (QED) is 0.571. The summed E-state index contributed by atoms with van der Waals surface area (Å²) in [6.45, 7) is 5.69. The van der Waals surface area contributed by atoms with Gasteiger partial charge in [-0.25, -0.2) is 0 Å². The summed E-state index contributed by atoms with van der Waals surface area (Å²) in [5.74, 6) is 0.187. The molecular formula is C12H21NO2. The van der Waals surface area contributed by atoms with Crippen LogP contribution in [-0.4, -0.2) is 18.1 Å². The summed E-state index contributed by atoms with van der Waals surface area (Å²) in [7, 11) is 0. The Morgan fingerprint density at radius 2 is 2.27 bits per heavy atom. The highest BCUT2D eigenvalue weighted by Gasteiger charge is 2.26. The van der Waals surface area contributed by atoms with Crippen molar-refractivity contribution in [3.63, 3.8) is 0 Å². The average Bonchev–Trinajstić information content (AvgIpc) is 2.21. The molecule has 15 heavy (non-hydrogen) atoms. The van der Waals surface area contributed by atoms with Gasteiger partial charge in [0.25, 0.3) is 0 Å². The summed E-state index contributed by atoms with van der Waals surface area (Å²) >= 11 is 0. The van der Waals surface area contributed by atoms with Gasteiger partial charge < -0.3 is 10.5 Å². The normalized spacial score (nSPS) is 28.1. The van der Waals surface area contributed by atoms with E-state index in [0.29, 0.717) is 12.3 Å². The molecule has 0 radical (unpaired) electrons. The lowest BCUT2D eigenvalue weighted by atomic mass is 9.88. The molecule has 3 heteroatoms. The van der Waals surface area contributed by atoms with Gasteiger partial charge in [-0.1, -0.05) is 19.4 Å². The molecule has 1 fully saturated rings. The van der Waals surface area contributed by atoms with Gasteiger partial charge in [-0.15, -0.1) is 6.58 Å². The maximum absolute atomic E-state index is 11.6. The molecule has 1 aliphatic rings. The Kier molecular flexibility index (Phi) is 4.82. The molecule has 3 unspecified atom stereocenters. The second-order valence-corrected chi connectivity index (χ2v) is 4.37. The van der Waals surface area contributed by atoms with E-state index in [9.17, 15) is 4.79 Å². The van der Waals surface area contributed by atoms with E-state index < -0.39 is 6.04 Å². The van der Waals surface area contributed by atoms with Crippen molar-refractivity contribution in [3.05, 3.63) is 12.7 Å². The van der Waals surface area contributed by atoms with Crippen molar-refractivity contribution in [2.75, 3.05) is 0 Å². The lowest BCUT2D eigenvalue weighted by Gasteiger charge is -2.29. The van der Waals surface area contributed by atoms with Gasteiger partial charge in [0.2, 0.25) is 0 Å². The van der Waals surface area contributed by atoms with E-state index in [4.69, 9.17) is 10.5 Å². The van der Waals surface area contributed by atoms with E-state index in [1.165, 1.54) is 6.42 Å². The van der Waals surface area contributed by atoms with Crippen molar-refractivity contribution < 1.29 is 9.53 Å². The Morgan fingerprint density at radius 1 is 1.60 bits per heavy atom. The first-order valence-electron chi connectivity index (χ1n) is 5.72. The SMILES string of the molecule is C=CCC(N)C(=O)OC1CCCCC1C. The van der Waals surface area contributed by atoms with Crippen molar-refractivity contribution in [1.82, 2.24) is 0 Å². The van der Waals surface area contributed by atoms with Crippen LogP contribution in [0.1, 0.15) is 39.0 Å². The van der Waals surface area contributed by atoms with Crippen LogP contribution >= 0.6 is 0 Å². The Labute approximate surface area is 91.7 Å². The Balaban J connectivity index is 2.38. The van der Waals surface area contributed by atoms with Gasteiger partial charge in [0.15, 0.2) is 0 Å². The summed E-state index contributed by atoms with van der Waals surface area (Å²) in [6, 6.07) is -0.545. The third-order valence-electron chi connectivity index (χ3n) is 3.02. The minimum absolute atomic E-state index is 0.0714. The molecule has 0 bridgehead atoms. The maximum atomic E-state index is 11.6. The Bertz CT molecular complexity index is 228. The molecule has 86 valence electrons. The van der Waals surface area contributed by atoms with Crippen molar-refractivity contribution >= 4 is 5.97 Å². The largest absolute Gasteiger partial charge is 0.461 e. The number of rotatable bonds is 4. The number of nitrogens with two attached hydrogens (primary N) is 1. The topological polar surface area (TPSA) is 52.3 Å². The van der Waals surface area contributed by atoms with E-state index in [1.54, 1.807) is 6.08 Å². The summed E-state index contributed by atoms with van der Waals surface area (Å²) < 4.78 is 5.41. The van der Waals surface area contributed by atoms with Crippen LogP contribution in [0.5, 0.6) is 0 Å². The molecule has 0 saturated heterocycles. The number of hydrogen-bond acceptors (Lipinski definition) is 3. The predicted molar refractivity (Wildman–Crippen MR) is 60.3 cm³/mol. The second-order valence-electron chi connectivity index (χ2n) is 4.37. The van der Waals surface area contributed by atoms with Gasteiger partial charge in [0.1, 0.15) is 12.1 Å². The van der Waals surface area contributed by atoms with Gasteiger partial charge in [-0.05, 0) is 31.6 Å². The van der Waals surface area contributed by atoms with Crippen molar-refractivity contribution in [3.8, 4) is 0 Å². The van der Waals surface area contributed by atoms with Gasteiger partial charge in [-0.2, -0.15) is 0 Å². The zero-order valence-electron chi connectivity index (χ0n) is 9.45. The van der Waals surface area contributed by atoms with E-state index in [1.807, 2.05) is 0 Å². The summed E-state index contributed by atoms with van der Waals surface area (Å²) in [5, 5.41) is 0. The van der Waals surface area contributed by atoms with Crippen molar-refractivity contribution in [1.29, 1.82) is 0 Å². The van der Waals surface area contributed by atoms with Gasteiger partial charge >= 0.3 is 5.97 Å². The molecule has 0 heterocycles. The number of esters is 1. The van der Waals surface area contributed by atoms with Crippen molar-refractivity contribution in [2.45, 2.75) is 51.2 Å². The average molecular weight is 211 g/mol. The lowest BCUT2D eigenvalue weighted by Crippen LogP contribution is -2.37. The molecule has 0 aromatic heterocycles. The van der Waals surface area contributed by atoms with Crippen LogP contribution < -0.4 is 5.73 Å². The van der Waals surface area contributed by atoms with E-state index >= 15 is 0 Å². The van der Waals surface area contributed by atoms with Crippen LogP contribution in [-0.2, 0) is 9.53 Å². The van der Waals surface area contributed by atoms with Crippen molar-refractivity contribution in [2.24, 2.45) is 11.7 Å². The molecule has 1 rings (SSSR count). The third kappa shape index (κ3) is 3.67.